The lowest BCUT2D eigenvalue weighted by atomic mass is 10.1. The molecule has 8 heteroatoms. The highest BCUT2D eigenvalue weighted by molar-refractivity contribution is 14.0. The van der Waals surface area contributed by atoms with Gasteiger partial charge in [0.2, 0.25) is 0 Å². The van der Waals surface area contributed by atoms with Crippen molar-refractivity contribution in [2.75, 3.05) is 19.7 Å². The summed E-state index contributed by atoms with van der Waals surface area (Å²) in [6.45, 7) is 6.13. The highest BCUT2D eigenvalue weighted by Gasteiger charge is 2.07. The molecule has 1 amide bonds. The standard InChI is InChI=1S/C24H31N5O2.HI/c1-3-18-8-6-10-21-19(15-28-23(18)21)11-12-27-24(26-4-2)29-14-17-7-5-9-20(13-17)31-16-22(25)30;/h5-10,13,15,28H,3-4,11-12,14,16H2,1-2H3,(H2,25,30)(H2,26,27,29);1H. The number of primary amides is 1. The Morgan fingerprint density at radius 1 is 1.12 bits per heavy atom. The Kier molecular flexibility index (Phi) is 10.3. The Balaban J connectivity index is 0.00000363. The average Bonchev–Trinajstić information content (AvgIpc) is 3.19. The highest BCUT2D eigenvalue weighted by Crippen LogP contribution is 2.22. The fourth-order valence-corrected chi connectivity index (χ4v) is 3.49. The molecule has 0 unspecified atom stereocenters. The number of nitrogens with two attached hydrogens (primary N) is 1. The first-order chi connectivity index (χ1) is 15.1. The quantitative estimate of drug-likeness (QED) is 0.177. The van der Waals surface area contributed by atoms with E-state index in [9.17, 15) is 4.79 Å². The van der Waals surface area contributed by atoms with Crippen molar-refractivity contribution < 1.29 is 9.53 Å². The molecular formula is C24H32IN5O2. The molecule has 0 radical (unpaired) electrons. The van der Waals surface area contributed by atoms with Crippen LogP contribution >= 0.6 is 24.0 Å². The minimum absolute atomic E-state index is 0. The lowest BCUT2D eigenvalue weighted by Crippen LogP contribution is -2.38. The third-order valence-electron chi connectivity index (χ3n) is 5.00. The molecule has 2 aromatic carbocycles. The van der Waals surface area contributed by atoms with Gasteiger partial charge in [-0.15, -0.1) is 24.0 Å². The molecule has 0 aliphatic heterocycles. The van der Waals surface area contributed by atoms with Crippen LogP contribution in [-0.2, 0) is 24.2 Å². The van der Waals surface area contributed by atoms with Crippen LogP contribution < -0.4 is 21.1 Å². The maximum absolute atomic E-state index is 10.9. The van der Waals surface area contributed by atoms with E-state index in [4.69, 9.17) is 10.5 Å². The van der Waals surface area contributed by atoms with Crippen molar-refractivity contribution in [3.63, 3.8) is 0 Å². The predicted molar refractivity (Wildman–Crippen MR) is 141 cm³/mol. The van der Waals surface area contributed by atoms with Gasteiger partial charge >= 0.3 is 0 Å². The molecule has 7 nitrogen and oxygen atoms in total. The van der Waals surface area contributed by atoms with E-state index in [1.165, 1.54) is 22.0 Å². The number of H-pyrrole nitrogens is 1. The number of aromatic nitrogens is 1. The summed E-state index contributed by atoms with van der Waals surface area (Å²) in [5.74, 6) is 0.874. The van der Waals surface area contributed by atoms with Gasteiger partial charge in [0.25, 0.3) is 5.91 Å². The lowest BCUT2D eigenvalue weighted by molar-refractivity contribution is -0.119. The molecule has 0 saturated heterocycles. The van der Waals surface area contributed by atoms with Gasteiger partial charge in [0.15, 0.2) is 12.6 Å². The molecule has 0 saturated carbocycles. The average molecular weight is 549 g/mol. The number of rotatable bonds is 10. The summed E-state index contributed by atoms with van der Waals surface area (Å²) >= 11 is 0. The zero-order chi connectivity index (χ0) is 22.1. The molecule has 3 aromatic rings. The summed E-state index contributed by atoms with van der Waals surface area (Å²) in [5.41, 5.74) is 10.00. The summed E-state index contributed by atoms with van der Waals surface area (Å²) in [6.07, 6.45) is 4.02. The summed E-state index contributed by atoms with van der Waals surface area (Å²) in [7, 11) is 0. The Labute approximate surface area is 206 Å². The van der Waals surface area contributed by atoms with Crippen LogP contribution in [0.5, 0.6) is 5.75 Å². The van der Waals surface area contributed by atoms with Crippen LogP contribution in [0.25, 0.3) is 10.9 Å². The molecule has 3 rings (SSSR count). The van der Waals surface area contributed by atoms with E-state index in [1.54, 1.807) is 6.07 Å². The predicted octanol–water partition coefficient (Wildman–Crippen LogP) is 3.51. The highest BCUT2D eigenvalue weighted by atomic mass is 127. The van der Waals surface area contributed by atoms with E-state index < -0.39 is 5.91 Å². The van der Waals surface area contributed by atoms with Crippen molar-refractivity contribution in [1.82, 2.24) is 15.6 Å². The van der Waals surface area contributed by atoms with Crippen LogP contribution in [0.4, 0.5) is 0 Å². The van der Waals surface area contributed by atoms with Crippen LogP contribution in [0.3, 0.4) is 0 Å². The summed E-state index contributed by atoms with van der Waals surface area (Å²) < 4.78 is 5.36. The number of ether oxygens (including phenoxy) is 1. The molecule has 1 heterocycles. The number of aromatic amines is 1. The number of halogens is 1. The largest absolute Gasteiger partial charge is 0.484 e. The zero-order valence-electron chi connectivity index (χ0n) is 18.6. The second kappa shape index (κ2) is 12.9. The third-order valence-corrected chi connectivity index (χ3v) is 5.00. The Morgan fingerprint density at radius 2 is 1.94 bits per heavy atom. The molecule has 0 aliphatic carbocycles. The Morgan fingerprint density at radius 3 is 2.69 bits per heavy atom. The van der Waals surface area contributed by atoms with E-state index in [2.05, 4.69) is 51.9 Å². The molecule has 0 bridgehead atoms. The minimum Gasteiger partial charge on any atom is -0.484 e. The van der Waals surface area contributed by atoms with Gasteiger partial charge in [-0.2, -0.15) is 0 Å². The number of carbonyl (C=O) groups excluding carboxylic acids is 1. The van der Waals surface area contributed by atoms with Crippen LogP contribution in [0.1, 0.15) is 30.5 Å². The number of guanidine groups is 1. The number of amides is 1. The van der Waals surface area contributed by atoms with Gasteiger partial charge in [0.05, 0.1) is 6.54 Å². The number of aliphatic imine (C=N–C) groups is 1. The van der Waals surface area contributed by atoms with Crippen molar-refractivity contribution in [3.8, 4) is 5.75 Å². The summed E-state index contributed by atoms with van der Waals surface area (Å²) in [4.78, 5) is 19.0. The molecule has 1 aromatic heterocycles. The number of hydrogen-bond acceptors (Lipinski definition) is 3. The molecular weight excluding hydrogens is 517 g/mol. The van der Waals surface area contributed by atoms with Gasteiger partial charge in [0.1, 0.15) is 5.75 Å². The number of para-hydroxylation sites is 1. The van der Waals surface area contributed by atoms with Crippen molar-refractivity contribution in [2.45, 2.75) is 33.2 Å². The van der Waals surface area contributed by atoms with E-state index in [0.29, 0.717) is 12.3 Å². The second-order valence-electron chi connectivity index (χ2n) is 7.28. The number of benzene rings is 2. The number of aryl methyl sites for hydroxylation is 1. The number of nitrogens with one attached hydrogen (secondary N) is 3. The monoisotopic (exact) mass is 549 g/mol. The summed E-state index contributed by atoms with van der Waals surface area (Å²) in [6, 6.07) is 14.0. The first-order valence-corrected chi connectivity index (χ1v) is 10.7. The number of carbonyl (C=O) groups is 1. The number of hydrogen-bond donors (Lipinski definition) is 4. The second-order valence-corrected chi connectivity index (χ2v) is 7.28. The molecule has 0 fully saturated rings. The molecule has 172 valence electrons. The van der Waals surface area contributed by atoms with Gasteiger partial charge < -0.3 is 26.1 Å². The molecule has 0 spiro atoms. The van der Waals surface area contributed by atoms with Gasteiger partial charge in [-0.1, -0.05) is 37.3 Å². The van der Waals surface area contributed by atoms with Crippen LogP contribution in [0.2, 0.25) is 0 Å². The minimum atomic E-state index is -0.497. The van der Waals surface area contributed by atoms with Crippen molar-refractivity contribution in [1.29, 1.82) is 0 Å². The normalized spacial score (nSPS) is 11.1. The van der Waals surface area contributed by atoms with E-state index in [-0.39, 0.29) is 30.6 Å². The first kappa shape index (κ1) is 25.5. The van der Waals surface area contributed by atoms with Crippen LogP contribution in [-0.4, -0.2) is 36.5 Å². The van der Waals surface area contributed by atoms with Crippen LogP contribution in [0, 0.1) is 0 Å². The fraction of sp³-hybridized carbons (Fsp3) is 0.333. The fourth-order valence-electron chi connectivity index (χ4n) is 3.49. The SMILES string of the molecule is CCNC(=NCc1cccc(OCC(N)=O)c1)NCCc1c[nH]c2c(CC)cccc12.I. The maximum Gasteiger partial charge on any atom is 0.255 e. The van der Waals surface area contributed by atoms with Gasteiger partial charge in [-0.3, -0.25) is 4.79 Å². The van der Waals surface area contributed by atoms with Crippen molar-refractivity contribution >= 4 is 46.7 Å². The van der Waals surface area contributed by atoms with Gasteiger partial charge in [-0.25, -0.2) is 4.99 Å². The van der Waals surface area contributed by atoms with Gasteiger partial charge in [0, 0.05) is 30.2 Å². The zero-order valence-corrected chi connectivity index (χ0v) is 20.9. The van der Waals surface area contributed by atoms with E-state index in [1.807, 2.05) is 25.1 Å². The van der Waals surface area contributed by atoms with Crippen LogP contribution in [0.15, 0.2) is 53.7 Å². The first-order valence-electron chi connectivity index (χ1n) is 10.7. The Hall–Kier alpha value is -2.75. The summed E-state index contributed by atoms with van der Waals surface area (Å²) in [5, 5.41) is 7.98. The van der Waals surface area contributed by atoms with Crippen molar-refractivity contribution in [3.05, 3.63) is 65.4 Å². The molecule has 32 heavy (non-hydrogen) atoms. The number of nitrogens with zero attached hydrogens (tertiary/aromatic N) is 1. The van der Waals surface area contributed by atoms with Crippen molar-refractivity contribution in [2.24, 2.45) is 10.7 Å². The number of fused-ring (bicyclic) bond motifs is 1. The van der Waals surface area contributed by atoms with Gasteiger partial charge in [-0.05, 0) is 48.6 Å². The topological polar surface area (TPSA) is 105 Å². The third kappa shape index (κ3) is 7.15. The lowest BCUT2D eigenvalue weighted by Gasteiger charge is -2.11. The Bertz CT molecular complexity index is 1050. The molecule has 0 aliphatic rings. The smallest absolute Gasteiger partial charge is 0.255 e. The maximum atomic E-state index is 10.9. The molecule has 5 N–H and O–H groups in total. The van der Waals surface area contributed by atoms with E-state index >= 15 is 0 Å². The van der Waals surface area contributed by atoms with E-state index in [0.717, 1.165) is 37.5 Å². The molecule has 0 atom stereocenters.